The van der Waals surface area contributed by atoms with Crippen LogP contribution in [-0.4, -0.2) is 32.2 Å². The van der Waals surface area contributed by atoms with E-state index in [2.05, 4.69) is 10.1 Å². The minimum absolute atomic E-state index is 0.183. The molecule has 0 aliphatic carbocycles. The Bertz CT molecular complexity index is 906. The smallest absolute Gasteiger partial charge is 0.137 e. The van der Waals surface area contributed by atoms with E-state index < -0.39 is 5.60 Å². The van der Waals surface area contributed by atoms with Gasteiger partial charge in [-0.2, -0.15) is 16.9 Å². The Hall–Kier alpha value is -1.73. The monoisotopic (exact) mass is 437 g/mol. The molecule has 3 rings (SSSR count). The van der Waals surface area contributed by atoms with E-state index in [-0.39, 0.29) is 11.8 Å². The summed E-state index contributed by atoms with van der Waals surface area (Å²) in [6, 6.07) is 13.0. The van der Waals surface area contributed by atoms with Crippen molar-refractivity contribution in [2.24, 2.45) is 0 Å². The van der Waals surface area contributed by atoms with Gasteiger partial charge in [0.05, 0.1) is 13.7 Å². The molecule has 1 N–H and O–H groups in total. The third kappa shape index (κ3) is 4.81. The van der Waals surface area contributed by atoms with Gasteiger partial charge in [0.2, 0.25) is 0 Å². The third-order valence-corrected chi connectivity index (χ3v) is 6.54. The van der Waals surface area contributed by atoms with Crippen LogP contribution < -0.4 is 4.74 Å². The van der Waals surface area contributed by atoms with Crippen molar-refractivity contribution < 1.29 is 9.84 Å². The van der Waals surface area contributed by atoms with Gasteiger partial charge in [-0.05, 0) is 29.8 Å². The van der Waals surface area contributed by atoms with Gasteiger partial charge in [-0.1, -0.05) is 48.3 Å². The van der Waals surface area contributed by atoms with E-state index in [1.807, 2.05) is 31.2 Å². The Labute approximate surface area is 178 Å². The van der Waals surface area contributed by atoms with Crippen LogP contribution in [0.4, 0.5) is 0 Å². The highest BCUT2D eigenvalue weighted by atomic mass is 35.5. The van der Waals surface area contributed by atoms with Gasteiger partial charge in [0.25, 0.3) is 0 Å². The second-order valence-electron chi connectivity index (χ2n) is 6.44. The summed E-state index contributed by atoms with van der Waals surface area (Å²) >= 11 is 14.1. The predicted molar refractivity (Wildman–Crippen MR) is 114 cm³/mol. The highest BCUT2D eigenvalue weighted by Crippen LogP contribution is 2.40. The van der Waals surface area contributed by atoms with E-state index in [0.29, 0.717) is 15.6 Å². The molecule has 0 aliphatic rings. The Balaban J connectivity index is 1.84. The molecule has 0 amide bonds. The molecule has 0 bridgehead atoms. The minimum atomic E-state index is -1.26. The number of benzene rings is 2. The predicted octanol–water partition coefficient (Wildman–Crippen LogP) is 4.80. The first-order valence-corrected chi connectivity index (χ1v) is 10.5. The number of aromatic nitrogens is 3. The van der Waals surface area contributed by atoms with E-state index in [9.17, 15) is 5.11 Å². The first-order chi connectivity index (χ1) is 13.4. The number of halogens is 2. The lowest BCUT2D eigenvalue weighted by molar-refractivity contribution is 0.0168. The lowest BCUT2D eigenvalue weighted by atomic mass is 9.90. The number of thioether (sulfide) groups is 1. The molecule has 0 saturated heterocycles. The zero-order valence-electron chi connectivity index (χ0n) is 15.5. The van der Waals surface area contributed by atoms with Crippen molar-refractivity contribution in [2.75, 3.05) is 7.11 Å². The molecule has 1 unspecified atom stereocenters. The maximum absolute atomic E-state index is 11.7. The maximum Gasteiger partial charge on any atom is 0.137 e. The molecule has 8 heteroatoms. The lowest BCUT2D eigenvalue weighted by Crippen LogP contribution is -2.40. The Morgan fingerprint density at radius 2 is 1.96 bits per heavy atom. The molecule has 0 spiro atoms. The van der Waals surface area contributed by atoms with Crippen molar-refractivity contribution in [3.8, 4) is 5.75 Å². The second kappa shape index (κ2) is 9.18. The van der Waals surface area contributed by atoms with Crippen LogP contribution in [0, 0.1) is 0 Å². The van der Waals surface area contributed by atoms with E-state index in [1.54, 1.807) is 48.1 Å². The fraction of sp³-hybridized carbons (Fsp3) is 0.300. The summed E-state index contributed by atoms with van der Waals surface area (Å²) in [4.78, 5) is 3.97. The Kier molecular flexibility index (Phi) is 6.88. The first kappa shape index (κ1) is 21.0. The van der Waals surface area contributed by atoms with Crippen LogP contribution >= 0.6 is 35.0 Å². The van der Waals surface area contributed by atoms with Crippen LogP contribution in [0.15, 0.2) is 55.1 Å². The summed E-state index contributed by atoms with van der Waals surface area (Å²) in [7, 11) is 1.64. The van der Waals surface area contributed by atoms with E-state index in [0.717, 1.165) is 17.1 Å². The fourth-order valence-corrected chi connectivity index (χ4v) is 4.60. The number of methoxy groups -OCH3 is 1. The number of hydrogen-bond acceptors (Lipinski definition) is 5. The first-order valence-electron chi connectivity index (χ1n) is 8.67. The van der Waals surface area contributed by atoms with E-state index in [1.165, 1.54) is 6.33 Å². The summed E-state index contributed by atoms with van der Waals surface area (Å²) in [6.45, 7) is 2.21. The molecular formula is C20H21Cl2N3O2S. The fourth-order valence-electron chi connectivity index (χ4n) is 2.92. The van der Waals surface area contributed by atoms with Crippen LogP contribution in [0.5, 0.6) is 5.75 Å². The highest BCUT2D eigenvalue weighted by Gasteiger charge is 2.38. The maximum atomic E-state index is 11.7. The SMILES string of the molecule is COc1ccc(CS[C@H](C)C(O)(Cn2cncn2)c2ccc(Cl)cc2Cl)cc1. The van der Waals surface area contributed by atoms with Crippen LogP contribution in [-0.2, 0) is 17.9 Å². The molecule has 1 heterocycles. The van der Waals surface area contributed by atoms with Gasteiger partial charge in [-0.25, -0.2) is 9.67 Å². The minimum Gasteiger partial charge on any atom is -0.497 e. The summed E-state index contributed by atoms with van der Waals surface area (Å²) in [5.74, 6) is 1.55. The Morgan fingerprint density at radius 1 is 1.21 bits per heavy atom. The van der Waals surface area contributed by atoms with Gasteiger partial charge in [0, 0.05) is 26.6 Å². The molecule has 0 radical (unpaired) electrons. The zero-order chi connectivity index (χ0) is 20.1. The van der Waals surface area contributed by atoms with Crippen molar-refractivity contribution in [3.63, 3.8) is 0 Å². The molecular weight excluding hydrogens is 417 g/mol. The van der Waals surface area contributed by atoms with Crippen LogP contribution in [0.3, 0.4) is 0 Å². The zero-order valence-corrected chi connectivity index (χ0v) is 17.9. The number of rotatable bonds is 8. The standard InChI is InChI=1S/C20H21Cl2N3O2S/c1-14(28-10-15-3-6-17(27-2)7-4-15)20(26,11-25-13-23-12-24-25)18-8-5-16(21)9-19(18)22/h3-9,12-14,26H,10-11H2,1-2H3/t14-,20?/m1/s1. The van der Waals surface area contributed by atoms with Gasteiger partial charge < -0.3 is 9.84 Å². The van der Waals surface area contributed by atoms with Gasteiger partial charge in [-0.3, -0.25) is 0 Å². The van der Waals surface area contributed by atoms with Crippen LogP contribution in [0.25, 0.3) is 0 Å². The van der Waals surface area contributed by atoms with Crippen molar-refractivity contribution in [1.29, 1.82) is 0 Å². The van der Waals surface area contributed by atoms with Gasteiger partial charge in [0.1, 0.15) is 24.0 Å². The average Bonchev–Trinajstić information content (AvgIpc) is 3.19. The topological polar surface area (TPSA) is 60.2 Å². The third-order valence-electron chi connectivity index (χ3n) is 4.60. The van der Waals surface area contributed by atoms with Crippen molar-refractivity contribution in [1.82, 2.24) is 14.8 Å². The second-order valence-corrected chi connectivity index (χ2v) is 8.62. The van der Waals surface area contributed by atoms with Gasteiger partial charge in [-0.15, -0.1) is 0 Å². The summed E-state index contributed by atoms with van der Waals surface area (Å²) in [5, 5.41) is 16.6. The Morgan fingerprint density at radius 3 is 2.57 bits per heavy atom. The molecule has 0 fully saturated rings. The molecule has 2 atom stereocenters. The number of aliphatic hydroxyl groups is 1. The molecule has 3 aromatic rings. The molecule has 5 nitrogen and oxygen atoms in total. The molecule has 2 aromatic carbocycles. The van der Waals surface area contributed by atoms with Crippen molar-refractivity contribution >= 4 is 35.0 Å². The molecule has 1 aromatic heterocycles. The number of nitrogens with zero attached hydrogens (tertiary/aromatic N) is 3. The van der Waals surface area contributed by atoms with Crippen LogP contribution in [0.2, 0.25) is 10.0 Å². The van der Waals surface area contributed by atoms with Gasteiger partial charge >= 0.3 is 0 Å². The number of ether oxygens (including phenoxy) is 1. The van der Waals surface area contributed by atoms with E-state index >= 15 is 0 Å². The summed E-state index contributed by atoms with van der Waals surface area (Å²) in [5.41, 5.74) is 0.499. The summed E-state index contributed by atoms with van der Waals surface area (Å²) < 4.78 is 6.81. The quantitative estimate of drug-likeness (QED) is 0.547. The number of hydrogen-bond donors (Lipinski definition) is 1. The van der Waals surface area contributed by atoms with Gasteiger partial charge in [0.15, 0.2) is 0 Å². The average molecular weight is 438 g/mol. The molecule has 0 aliphatic heterocycles. The van der Waals surface area contributed by atoms with Crippen molar-refractivity contribution in [3.05, 3.63) is 76.3 Å². The van der Waals surface area contributed by atoms with E-state index in [4.69, 9.17) is 27.9 Å². The molecule has 148 valence electrons. The molecule has 0 saturated carbocycles. The largest absolute Gasteiger partial charge is 0.497 e. The lowest BCUT2D eigenvalue weighted by Gasteiger charge is -2.35. The normalized spacial score (nSPS) is 14.5. The highest BCUT2D eigenvalue weighted by molar-refractivity contribution is 7.99. The molecule has 28 heavy (non-hydrogen) atoms. The summed E-state index contributed by atoms with van der Waals surface area (Å²) in [6.07, 6.45) is 3.02. The van der Waals surface area contributed by atoms with Crippen LogP contribution in [0.1, 0.15) is 18.1 Å². The van der Waals surface area contributed by atoms with Crippen molar-refractivity contribution in [2.45, 2.75) is 30.1 Å².